The van der Waals surface area contributed by atoms with Crippen molar-refractivity contribution < 1.29 is 9.47 Å². The molecule has 0 saturated heterocycles. The van der Waals surface area contributed by atoms with Crippen LogP contribution < -0.4 is 0 Å². The largest absolute Gasteiger partial charge is 0.474 e. The van der Waals surface area contributed by atoms with Gasteiger partial charge in [-0.25, -0.2) is 9.98 Å². The van der Waals surface area contributed by atoms with E-state index in [0.29, 0.717) is 30.7 Å². The third-order valence-electron chi connectivity index (χ3n) is 5.96. The molecule has 0 N–H and O–H groups in total. The quantitative estimate of drug-likeness (QED) is 0.399. The van der Waals surface area contributed by atoms with E-state index >= 15 is 0 Å². The summed E-state index contributed by atoms with van der Waals surface area (Å²) in [5.41, 5.74) is 4.74. The van der Waals surface area contributed by atoms with E-state index in [2.05, 4.69) is 26.9 Å². The highest BCUT2D eigenvalue weighted by atomic mass is 35.5. The van der Waals surface area contributed by atoms with Crippen LogP contribution in [0, 0.1) is 0 Å². The van der Waals surface area contributed by atoms with Crippen molar-refractivity contribution in [2.75, 3.05) is 13.7 Å². The van der Waals surface area contributed by atoms with Crippen molar-refractivity contribution in [2.45, 2.75) is 25.6 Å². The van der Waals surface area contributed by atoms with Crippen molar-refractivity contribution in [1.82, 2.24) is 24.3 Å². The maximum Gasteiger partial charge on any atom is 0.237 e. The Morgan fingerprint density at radius 1 is 1.15 bits per heavy atom. The highest BCUT2D eigenvalue weighted by molar-refractivity contribution is 6.31. The number of ether oxygens (including phenoxy) is 2. The van der Waals surface area contributed by atoms with Gasteiger partial charge in [0, 0.05) is 17.7 Å². The average molecular weight is 461 g/mol. The fraction of sp³-hybridized carbons (Fsp3) is 0.250. The highest BCUT2D eigenvalue weighted by Crippen LogP contribution is 2.34. The number of rotatable bonds is 5. The first-order valence-electron chi connectivity index (χ1n) is 10.7. The van der Waals surface area contributed by atoms with Crippen molar-refractivity contribution in [3.05, 3.63) is 82.7 Å². The summed E-state index contributed by atoms with van der Waals surface area (Å²) in [6.45, 7) is 1.40. The summed E-state index contributed by atoms with van der Waals surface area (Å²) in [5.74, 6) is 2.05. The van der Waals surface area contributed by atoms with Crippen LogP contribution in [0.15, 0.2) is 59.9 Å². The van der Waals surface area contributed by atoms with Crippen molar-refractivity contribution in [2.24, 2.45) is 4.99 Å². The number of aliphatic imine (C=N–C) groups is 1. The minimum Gasteiger partial charge on any atom is -0.474 e. The number of hydrogen-bond acceptors (Lipinski definition) is 6. The van der Waals surface area contributed by atoms with Crippen LogP contribution >= 0.6 is 11.6 Å². The number of nitrogens with zero attached hydrogens (tertiary/aromatic N) is 6. The van der Waals surface area contributed by atoms with Crippen molar-refractivity contribution in [1.29, 1.82) is 0 Å². The molecule has 8 nitrogen and oxygen atoms in total. The van der Waals surface area contributed by atoms with Gasteiger partial charge in [0.15, 0.2) is 11.6 Å². The predicted molar refractivity (Wildman–Crippen MR) is 124 cm³/mol. The molecule has 2 aliphatic heterocycles. The van der Waals surface area contributed by atoms with Crippen LogP contribution in [-0.4, -0.2) is 50.0 Å². The second-order valence-corrected chi connectivity index (χ2v) is 8.56. The summed E-state index contributed by atoms with van der Waals surface area (Å²) in [7, 11) is 1.65. The first-order valence-corrected chi connectivity index (χ1v) is 11.1. The van der Waals surface area contributed by atoms with E-state index in [4.69, 9.17) is 31.1 Å². The van der Waals surface area contributed by atoms with E-state index in [1.54, 1.807) is 7.11 Å². The van der Waals surface area contributed by atoms with Crippen LogP contribution in [0.2, 0.25) is 5.02 Å². The maximum absolute atomic E-state index is 6.34. The zero-order valence-corrected chi connectivity index (χ0v) is 18.7. The number of imidazole rings is 1. The lowest BCUT2D eigenvalue weighted by molar-refractivity contribution is 0.174. The first kappa shape index (κ1) is 20.1. The molecule has 2 aromatic carbocycles. The molecule has 4 heterocycles. The van der Waals surface area contributed by atoms with E-state index in [1.807, 2.05) is 47.3 Å². The maximum atomic E-state index is 6.34. The molecule has 2 aromatic heterocycles. The van der Waals surface area contributed by atoms with Crippen LogP contribution in [0.1, 0.15) is 22.8 Å². The number of fused-ring (bicyclic) bond motifs is 5. The normalized spacial score (nSPS) is 16.4. The Labute approximate surface area is 195 Å². The topological polar surface area (TPSA) is 79.3 Å². The number of benzene rings is 2. The summed E-state index contributed by atoms with van der Waals surface area (Å²) >= 11 is 6.34. The number of hydrogen-bond donors (Lipinski definition) is 0. The lowest BCUT2D eigenvalue weighted by Gasteiger charge is -2.09. The molecule has 0 bridgehead atoms. The van der Waals surface area contributed by atoms with Gasteiger partial charge in [0.1, 0.15) is 25.2 Å². The standard InChI is InChI=1S/C24H21ClN6O2/c1-32-13-21-28-29-23-18-10-16(25)7-8-19(18)31-14-26-22(20(31)11-30(21)23)24-27-17(12-33-24)9-15-5-3-2-4-6-15/h2-8,10,14,17H,9,11-13H2,1H3/t17-/m0/s1. The lowest BCUT2D eigenvalue weighted by Crippen LogP contribution is -2.13. The Balaban J connectivity index is 1.43. The number of aromatic nitrogens is 5. The van der Waals surface area contributed by atoms with Gasteiger partial charge >= 0.3 is 0 Å². The third-order valence-corrected chi connectivity index (χ3v) is 6.20. The third kappa shape index (κ3) is 3.51. The molecule has 0 amide bonds. The highest BCUT2D eigenvalue weighted by Gasteiger charge is 2.30. The van der Waals surface area contributed by atoms with Gasteiger partial charge in [-0.15, -0.1) is 10.2 Å². The van der Waals surface area contributed by atoms with Gasteiger partial charge < -0.3 is 14.0 Å². The van der Waals surface area contributed by atoms with Gasteiger partial charge in [-0.3, -0.25) is 4.57 Å². The Bertz CT molecular complexity index is 1360. The second kappa shape index (κ2) is 8.13. The van der Waals surface area contributed by atoms with Crippen LogP contribution in [0.4, 0.5) is 0 Å². The molecule has 0 saturated carbocycles. The zero-order chi connectivity index (χ0) is 22.4. The number of methoxy groups -OCH3 is 1. The molecule has 0 radical (unpaired) electrons. The summed E-state index contributed by atoms with van der Waals surface area (Å²) in [5, 5.41) is 9.43. The van der Waals surface area contributed by atoms with E-state index in [-0.39, 0.29) is 6.04 Å². The fourth-order valence-electron chi connectivity index (χ4n) is 4.43. The summed E-state index contributed by atoms with van der Waals surface area (Å²) in [4.78, 5) is 9.58. The first-order chi connectivity index (χ1) is 16.2. The molecule has 1 atom stereocenters. The van der Waals surface area contributed by atoms with Crippen LogP contribution in [0.3, 0.4) is 0 Å². The molecule has 9 heteroatoms. The predicted octanol–water partition coefficient (Wildman–Crippen LogP) is 3.68. The summed E-state index contributed by atoms with van der Waals surface area (Å²) in [6.07, 6.45) is 2.64. The minimum absolute atomic E-state index is 0.0612. The van der Waals surface area contributed by atoms with Gasteiger partial charge in [-0.1, -0.05) is 41.9 Å². The van der Waals surface area contributed by atoms with Crippen molar-refractivity contribution in [3.8, 4) is 17.1 Å². The van der Waals surface area contributed by atoms with Crippen LogP contribution in [0.25, 0.3) is 17.1 Å². The molecule has 4 aromatic rings. The van der Waals surface area contributed by atoms with Gasteiger partial charge in [-0.2, -0.15) is 0 Å². The monoisotopic (exact) mass is 460 g/mol. The summed E-state index contributed by atoms with van der Waals surface area (Å²) < 4.78 is 15.5. The van der Waals surface area contributed by atoms with Gasteiger partial charge in [-0.05, 0) is 30.2 Å². The van der Waals surface area contributed by atoms with Gasteiger partial charge in [0.25, 0.3) is 0 Å². The second-order valence-electron chi connectivity index (χ2n) is 8.12. The van der Waals surface area contributed by atoms with E-state index in [0.717, 1.165) is 40.7 Å². The SMILES string of the molecule is COCc1nnc2n1Cc1c(C3=N[C@@H](Cc4ccccc4)CO3)ncn1-c1ccc(Cl)cc1-2. The Morgan fingerprint density at radius 3 is 2.88 bits per heavy atom. The lowest BCUT2D eigenvalue weighted by atomic mass is 10.1. The van der Waals surface area contributed by atoms with Gasteiger partial charge in [0.2, 0.25) is 5.90 Å². The molecular weight excluding hydrogens is 440 g/mol. The van der Waals surface area contributed by atoms with E-state index in [1.165, 1.54) is 5.56 Å². The molecule has 2 aliphatic rings. The van der Waals surface area contributed by atoms with Gasteiger partial charge in [0.05, 0.1) is 24.0 Å². The average Bonchev–Trinajstić information content (AvgIpc) is 3.53. The molecular formula is C24H21ClN6O2. The molecule has 6 rings (SSSR count). The van der Waals surface area contributed by atoms with E-state index < -0.39 is 0 Å². The van der Waals surface area contributed by atoms with E-state index in [9.17, 15) is 0 Å². The summed E-state index contributed by atoms with van der Waals surface area (Å²) in [6, 6.07) is 16.1. The Hall–Kier alpha value is -3.49. The zero-order valence-electron chi connectivity index (χ0n) is 18.0. The Morgan fingerprint density at radius 2 is 2.03 bits per heavy atom. The van der Waals surface area contributed by atoms with Crippen LogP contribution in [-0.2, 0) is 29.0 Å². The van der Waals surface area contributed by atoms with Crippen molar-refractivity contribution in [3.63, 3.8) is 0 Å². The molecule has 0 spiro atoms. The fourth-order valence-corrected chi connectivity index (χ4v) is 4.60. The molecule has 0 fully saturated rings. The van der Waals surface area contributed by atoms with Crippen LogP contribution in [0.5, 0.6) is 0 Å². The molecule has 0 unspecified atom stereocenters. The smallest absolute Gasteiger partial charge is 0.237 e. The number of halogens is 1. The minimum atomic E-state index is 0.0612. The Kier molecular flexibility index (Phi) is 4.96. The molecule has 166 valence electrons. The van der Waals surface area contributed by atoms with Crippen molar-refractivity contribution >= 4 is 17.5 Å². The molecule has 0 aliphatic carbocycles. The molecule has 33 heavy (non-hydrogen) atoms.